The smallest absolute Gasteiger partial charge is 0.306 e. The van der Waals surface area contributed by atoms with Gasteiger partial charge in [-0.15, -0.1) is 0 Å². The minimum Gasteiger partial charge on any atom is -0.432 e. The molecule has 0 fully saturated rings. The van der Waals surface area contributed by atoms with Crippen LogP contribution in [0.2, 0.25) is 0 Å². The fourth-order valence-electron chi connectivity index (χ4n) is 4.31. The number of hydrogen-bond donors (Lipinski definition) is 2. The maximum atomic E-state index is 13.9. The number of nitrogens with one attached hydrogen (secondary N) is 2. The van der Waals surface area contributed by atoms with Crippen molar-refractivity contribution < 1.29 is 17.2 Å². The molecule has 0 saturated carbocycles. The molecule has 38 heavy (non-hydrogen) atoms. The molecule has 3 aromatic heterocycles. The van der Waals surface area contributed by atoms with E-state index in [4.69, 9.17) is 4.42 Å². The lowest BCUT2D eigenvalue weighted by Crippen LogP contribution is -2.29. The van der Waals surface area contributed by atoms with Gasteiger partial charge in [0.15, 0.2) is 0 Å². The molecule has 0 atom stereocenters. The first-order valence-electron chi connectivity index (χ1n) is 11.8. The van der Waals surface area contributed by atoms with E-state index in [0.29, 0.717) is 39.8 Å². The summed E-state index contributed by atoms with van der Waals surface area (Å²) in [5.74, 6) is 0.264. The van der Waals surface area contributed by atoms with Crippen LogP contribution in [-0.2, 0) is 10.0 Å². The van der Waals surface area contributed by atoms with E-state index in [2.05, 4.69) is 25.0 Å². The molecule has 11 heteroatoms. The van der Waals surface area contributed by atoms with Crippen molar-refractivity contribution in [3.63, 3.8) is 0 Å². The number of fused-ring (bicyclic) bond motifs is 2. The summed E-state index contributed by atoms with van der Waals surface area (Å²) in [6.07, 6.45) is 4.79. The van der Waals surface area contributed by atoms with Gasteiger partial charge >= 0.3 is 5.84 Å². The summed E-state index contributed by atoms with van der Waals surface area (Å²) in [6, 6.07) is 20.4. The maximum Gasteiger partial charge on any atom is 0.306 e. The fourth-order valence-corrected chi connectivity index (χ4v) is 5.57. The fraction of sp³-hybridized carbons (Fsp3) is 0.0741. The molecule has 0 aliphatic heterocycles. The molecule has 2 N–H and O–H groups in total. The number of aromatic nitrogens is 4. The van der Waals surface area contributed by atoms with Crippen molar-refractivity contribution in [2.24, 2.45) is 0 Å². The first-order chi connectivity index (χ1) is 18.5. The summed E-state index contributed by atoms with van der Waals surface area (Å²) < 4.78 is 49.6. The quantitative estimate of drug-likeness (QED) is 0.275. The van der Waals surface area contributed by atoms with E-state index in [1.54, 1.807) is 53.2 Å². The summed E-state index contributed by atoms with van der Waals surface area (Å²) in [5, 5.41) is 4.57. The molecular weight excluding hydrogens is 507 g/mol. The highest BCUT2D eigenvalue weighted by Gasteiger charge is 2.20. The predicted octanol–water partition coefficient (Wildman–Crippen LogP) is 4.73. The molecule has 6 rings (SSSR count). The van der Waals surface area contributed by atoms with Crippen molar-refractivity contribution in [2.45, 2.75) is 4.90 Å². The minimum absolute atomic E-state index is 0.117. The van der Waals surface area contributed by atoms with Gasteiger partial charge in [0, 0.05) is 36.4 Å². The van der Waals surface area contributed by atoms with E-state index in [9.17, 15) is 12.8 Å². The van der Waals surface area contributed by atoms with Crippen LogP contribution in [0.4, 0.5) is 10.3 Å². The Kier molecular flexibility index (Phi) is 6.06. The Balaban J connectivity index is 1.21. The van der Waals surface area contributed by atoms with E-state index < -0.39 is 10.0 Å². The normalized spacial score (nSPS) is 11.8. The number of imidazole rings is 1. The second-order valence-corrected chi connectivity index (χ2v) is 10.2. The van der Waals surface area contributed by atoms with Crippen LogP contribution in [0.25, 0.3) is 39.3 Å². The standard InChI is InChI=1S/C27H21FN6O3S/c28-20-8-3-7-19(17-20)24-25(34-15-16-37-27(34)33-24)22-11-12-29-26(32-22)30-13-14-31-38(35,36)23-10-4-6-18-5-1-2-9-21(18)23/h1-12,15-17,31H,13-14H2,(H,29,30,32). The summed E-state index contributed by atoms with van der Waals surface area (Å²) in [6.45, 7) is 0.365. The van der Waals surface area contributed by atoms with Crippen molar-refractivity contribution >= 4 is 32.6 Å². The van der Waals surface area contributed by atoms with Gasteiger partial charge in [0.2, 0.25) is 16.0 Å². The zero-order chi connectivity index (χ0) is 26.1. The third-order valence-electron chi connectivity index (χ3n) is 6.00. The number of anilines is 1. The molecule has 6 aromatic rings. The first-order valence-corrected chi connectivity index (χ1v) is 13.2. The number of hydrogen-bond acceptors (Lipinski definition) is 7. The van der Waals surface area contributed by atoms with Gasteiger partial charge in [-0.1, -0.05) is 48.5 Å². The van der Waals surface area contributed by atoms with Crippen LogP contribution in [0, 0.1) is 5.82 Å². The van der Waals surface area contributed by atoms with Crippen molar-refractivity contribution in [1.82, 2.24) is 24.1 Å². The van der Waals surface area contributed by atoms with Gasteiger partial charge in [-0.3, -0.25) is 4.40 Å². The lowest BCUT2D eigenvalue weighted by atomic mass is 10.1. The molecule has 0 unspecified atom stereocenters. The third-order valence-corrected chi connectivity index (χ3v) is 7.52. The van der Waals surface area contributed by atoms with Crippen LogP contribution in [0.5, 0.6) is 0 Å². The van der Waals surface area contributed by atoms with E-state index in [0.717, 1.165) is 5.39 Å². The minimum atomic E-state index is -3.73. The second-order valence-electron chi connectivity index (χ2n) is 8.44. The SMILES string of the molecule is O=S(=O)(NCCNc1nccc(-c2c(-c3cccc(F)c3)nc3occn23)n1)c1cccc2ccccc12. The maximum absolute atomic E-state index is 13.9. The van der Waals surface area contributed by atoms with Crippen LogP contribution in [0.15, 0.2) is 101 Å². The lowest BCUT2D eigenvalue weighted by molar-refractivity contribution is 0.583. The molecule has 190 valence electrons. The second kappa shape index (κ2) is 9.69. The largest absolute Gasteiger partial charge is 0.432 e. The molecule has 0 amide bonds. The average molecular weight is 529 g/mol. The summed E-state index contributed by atoms with van der Waals surface area (Å²) in [7, 11) is -3.73. The van der Waals surface area contributed by atoms with Gasteiger partial charge < -0.3 is 9.73 Å². The van der Waals surface area contributed by atoms with Crippen LogP contribution in [-0.4, -0.2) is 40.9 Å². The molecular formula is C27H21FN6O3S. The van der Waals surface area contributed by atoms with E-state index >= 15 is 0 Å². The Morgan fingerprint density at radius 1 is 0.947 bits per heavy atom. The van der Waals surface area contributed by atoms with Crippen molar-refractivity contribution in [3.8, 4) is 22.6 Å². The zero-order valence-corrected chi connectivity index (χ0v) is 20.7. The van der Waals surface area contributed by atoms with E-state index in [-0.39, 0.29) is 23.8 Å². The molecule has 0 radical (unpaired) electrons. The highest BCUT2D eigenvalue weighted by atomic mass is 32.2. The van der Waals surface area contributed by atoms with Crippen LogP contribution < -0.4 is 10.0 Å². The highest BCUT2D eigenvalue weighted by Crippen LogP contribution is 2.32. The molecule has 9 nitrogen and oxygen atoms in total. The Morgan fingerprint density at radius 2 is 1.79 bits per heavy atom. The van der Waals surface area contributed by atoms with Gasteiger partial charge in [0.1, 0.15) is 23.5 Å². The Hall–Kier alpha value is -4.61. The van der Waals surface area contributed by atoms with Gasteiger partial charge in [0.25, 0.3) is 0 Å². The molecule has 0 saturated heterocycles. The number of benzene rings is 3. The van der Waals surface area contributed by atoms with E-state index in [1.807, 2.05) is 24.3 Å². The van der Waals surface area contributed by atoms with Crippen molar-refractivity contribution in [3.05, 3.63) is 97.3 Å². The van der Waals surface area contributed by atoms with Gasteiger partial charge in [-0.25, -0.2) is 27.5 Å². The number of oxazole rings is 1. The average Bonchev–Trinajstić information content (AvgIpc) is 3.53. The summed E-state index contributed by atoms with van der Waals surface area (Å²) in [5.41, 5.74) is 2.24. The van der Waals surface area contributed by atoms with Crippen molar-refractivity contribution in [2.75, 3.05) is 18.4 Å². The van der Waals surface area contributed by atoms with Crippen LogP contribution in [0.3, 0.4) is 0 Å². The zero-order valence-electron chi connectivity index (χ0n) is 19.9. The highest BCUT2D eigenvalue weighted by molar-refractivity contribution is 7.89. The summed E-state index contributed by atoms with van der Waals surface area (Å²) >= 11 is 0. The van der Waals surface area contributed by atoms with Gasteiger partial charge in [-0.05, 0) is 29.7 Å². The number of nitrogens with zero attached hydrogens (tertiary/aromatic N) is 4. The predicted molar refractivity (Wildman–Crippen MR) is 142 cm³/mol. The monoisotopic (exact) mass is 528 g/mol. The number of sulfonamides is 1. The van der Waals surface area contributed by atoms with Gasteiger partial charge in [-0.2, -0.15) is 4.98 Å². The summed E-state index contributed by atoms with van der Waals surface area (Å²) in [4.78, 5) is 13.6. The number of rotatable bonds is 8. The Morgan fingerprint density at radius 3 is 2.68 bits per heavy atom. The van der Waals surface area contributed by atoms with Crippen LogP contribution in [0.1, 0.15) is 0 Å². The Labute approximate surface area is 217 Å². The third kappa shape index (κ3) is 4.49. The molecule has 0 bridgehead atoms. The molecule has 3 heterocycles. The molecule has 3 aromatic carbocycles. The molecule has 0 spiro atoms. The molecule has 0 aliphatic carbocycles. The van der Waals surface area contributed by atoms with Crippen molar-refractivity contribution in [1.29, 1.82) is 0 Å². The van der Waals surface area contributed by atoms with E-state index in [1.165, 1.54) is 18.4 Å². The molecule has 0 aliphatic rings. The van der Waals surface area contributed by atoms with Gasteiger partial charge in [0.05, 0.1) is 10.6 Å². The Bertz CT molecular complexity index is 1880. The first kappa shape index (κ1) is 23.8. The van der Waals surface area contributed by atoms with Crippen LogP contribution >= 0.6 is 0 Å². The lowest BCUT2D eigenvalue weighted by Gasteiger charge is -2.11. The number of halogens is 1. The topological polar surface area (TPSA) is 114 Å².